The van der Waals surface area contributed by atoms with Gasteiger partial charge in [0.1, 0.15) is 10.6 Å². The number of thiazole rings is 1. The zero-order valence-electron chi connectivity index (χ0n) is 16.8. The summed E-state index contributed by atoms with van der Waals surface area (Å²) in [5, 5.41) is 1.16. The number of benzene rings is 1. The lowest BCUT2D eigenvalue weighted by molar-refractivity contribution is 0.0139. The Bertz CT molecular complexity index is 730. The first-order chi connectivity index (χ1) is 12.8. The number of para-hydroxylation sites is 1. The maximum absolute atomic E-state index is 12.1. The molecule has 0 unspecified atom stereocenters. The normalized spacial score (nSPS) is 16.3. The molecule has 0 spiro atoms. The first-order valence-corrected chi connectivity index (χ1v) is 10.3. The van der Waals surface area contributed by atoms with Gasteiger partial charge in [0.25, 0.3) is 0 Å². The number of rotatable bonds is 5. The molecule has 2 heterocycles. The van der Waals surface area contributed by atoms with Gasteiger partial charge in [-0.1, -0.05) is 12.1 Å². The summed E-state index contributed by atoms with van der Waals surface area (Å²) >= 11 is 1.77. The quantitative estimate of drug-likeness (QED) is 0.784. The van der Waals surface area contributed by atoms with E-state index < -0.39 is 5.60 Å². The van der Waals surface area contributed by atoms with Crippen molar-refractivity contribution in [2.75, 3.05) is 46.3 Å². The van der Waals surface area contributed by atoms with E-state index in [1.54, 1.807) is 11.3 Å². The highest BCUT2D eigenvalue weighted by Gasteiger charge is 2.25. The number of aromatic nitrogens is 1. The lowest BCUT2D eigenvalue weighted by Crippen LogP contribution is -2.51. The molecule has 0 saturated carbocycles. The predicted octanol–water partition coefficient (Wildman–Crippen LogP) is 3.28. The van der Waals surface area contributed by atoms with E-state index in [0.29, 0.717) is 0 Å². The highest BCUT2D eigenvalue weighted by Crippen LogP contribution is 2.22. The van der Waals surface area contributed by atoms with Crippen molar-refractivity contribution in [2.45, 2.75) is 32.9 Å². The third-order valence-electron chi connectivity index (χ3n) is 4.57. The Morgan fingerprint density at radius 2 is 1.93 bits per heavy atom. The van der Waals surface area contributed by atoms with Crippen LogP contribution in [0.1, 0.15) is 25.8 Å². The molecule has 27 heavy (non-hydrogen) atoms. The maximum Gasteiger partial charge on any atom is 0.410 e. The van der Waals surface area contributed by atoms with Gasteiger partial charge >= 0.3 is 6.09 Å². The van der Waals surface area contributed by atoms with Crippen LogP contribution in [-0.2, 0) is 11.3 Å². The Kier molecular flexibility index (Phi) is 6.34. The second kappa shape index (κ2) is 8.54. The number of hydrogen-bond donors (Lipinski definition) is 0. The molecule has 1 amide bonds. The topological polar surface area (TPSA) is 48.9 Å². The Labute approximate surface area is 165 Å². The number of carbonyl (C=O) groups is 1. The van der Waals surface area contributed by atoms with E-state index in [9.17, 15) is 4.79 Å². The van der Waals surface area contributed by atoms with Crippen LogP contribution in [0.5, 0.6) is 0 Å². The Balaban J connectivity index is 1.40. The van der Waals surface area contributed by atoms with Crippen LogP contribution < -0.4 is 0 Å². The molecule has 1 fully saturated rings. The van der Waals surface area contributed by atoms with Crippen molar-refractivity contribution in [1.29, 1.82) is 0 Å². The monoisotopic (exact) mass is 390 g/mol. The summed E-state index contributed by atoms with van der Waals surface area (Å²) in [5.74, 6) is 0. The number of piperazine rings is 1. The molecule has 6 nitrogen and oxygen atoms in total. The van der Waals surface area contributed by atoms with E-state index in [4.69, 9.17) is 9.72 Å². The van der Waals surface area contributed by atoms with Gasteiger partial charge in [0.2, 0.25) is 0 Å². The van der Waals surface area contributed by atoms with Crippen molar-refractivity contribution in [3.63, 3.8) is 0 Å². The summed E-state index contributed by atoms with van der Waals surface area (Å²) in [6, 6.07) is 8.29. The molecule has 1 saturated heterocycles. The molecular formula is C20H30N4O2S. The fraction of sp³-hybridized carbons (Fsp3) is 0.600. The number of carbonyl (C=O) groups excluding carboxylic acids is 1. The minimum atomic E-state index is -0.433. The van der Waals surface area contributed by atoms with Crippen molar-refractivity contribution in [2.24, 2.45) is 0 Å². The molecule has 0 atom stereocenters. The second-order valence-corrected chi connectivity index (χ2v) is 9.24. The molecule has 0 radical (unpaired) electrons. The average molecular weight is 391 g/mol. The van der Waals surface area contributed by atoms with E-state index in [1.165, 1.54) is 4.70 Å². The molecule has 7 heteroatoms. The molecular weight excluding hydrogens is 360 g/mol. The molecule has 0 aliphatic carbocycles. The first-order valence-electron chi connectivity index (χ1n) is 9.53. The zero-order valence-corrected chi connectivity index (χ0v) is 17.6. The number of nitrogens with zero attached hydrogens (tertiary/aromatic N) is 4. The SMILES string of the molecule is CN(CCN1CCN(C(=O)OC(C)(C)C)CC1)Cc1nc2ccccc2s1. The summed E-state index contributed by atoms with van der Waals surface area (Å²) < 4.78 is 6.71. The number of amides is 1. The van der Waals surface area contributed by atoms with Crippen molar-refractivity contribution >= 4 is 27.6 Å². The summed E-state index contributed by atoms with van der Waals surface area (Å²) in [6.45, 7) is 11.8. The van der Waals surface area contributed by atoms with Crippen molar-refractivity contribution in [3.05, 3.63) is 29.3 Å². The second-order valence-electron chi connectivity index (χ2n) is 8.12. The summed E-state index contributed by atoms with van der Waals surface area (Å²) in [4.78, 5) is 23.4. The predicted molar refractivity (Wildman–Crippen MR) is 110 cm³/mol. The first kappa shape index (κ1) is 20.0. The molecule has 1 aromatic carbocycles. The van der Waals surface area contributed by atoms with Gasteiger partial charge in [-0.2, -0.15) is 0 Å². The van der Waals surface area contributed by atoms with Gasteiger partial charge < -0.3 is 9.64 Å². The van der Waals surface area contributed by atoms with Gasteiger partial charge in [-0.3, -0.25) is 9.80 Å². The maximum atomic E-state index is 12.1. The minimum Gasteiger partial charge on any atom is -0.444 e. The molecule has 2 aromatic rings. The van der Waals surface area contributed by atoms with Crippen LogP contribution in [0.15, 0.2) is 24.3 Å². The van der Waals surface area contributed by atoms with Gasteiger partial charge in [0.05, 0.1) is 16.8 Å². The smallest absolute Gasteiger partial charge is 0.410 e. The van der Waals surface area contributed by atoms with Crippen LogP contribution in [0.25, 0.3) is 10.2 Å². The summed E-state index contributed by atoms with van der Waals surface area (Å²) in [7, 11) is 2.14. The highest BCUT2D eigenvalue weighted by atomic mass is 32.1. The van der Waals surface area contributed by atoms with Crippen molar-refractivity contribution < 1.29 is 9.53 Å². The lowest BCUT2D eigenvalue weighted by Gasteiger charge is -2.36. The molecule has 1 aliphatic rings. The summed E-state index contributed by atoms with van der Waals surface area (Å²) in [5.41, 5.74) is 0.654. The number of likely N-dealkylation sites (N-methyl/N-ethyl adjacent to an activating group) is 1. The van der Waals surface area contributed by atoms with Crippen LogP contribution in [0.2, 0.25) is 0 Å². The van der Waals surface area contributed by atoms with E-state index in [-0.39, 0.29) is 6.09 Å². The van der Waals surface area contributed by atoms with Crippen molar-refractivity contribution in [1.82, 2.24) is 19.7 Å². The fourth-order valence-corrected chi connectivity index (χ4v) is 4.14. The van der Waals surface area contributed by atoms with Crippen LogP contribution in [-0.4, -0.2) is 77.7 Å². The Morgan fingerprint density at radius 1 is 1.22 bits per heavy atom. The van der Waals surface area contributed by atoms with E-state index in [2.05, 4.69) is 35.0 Å². The molecule has 0 N–H and O–H groups in total. The van der Waals surface area contributed by atoms with Gasteiger partial charge in [0.15, 0.2) is 0 Å². The van der Waals surface area contributed by atoms with Gasteiger partial charge in [-0.05, 0) is 40.0 Å². The number of fused-ring (bicyclic) bond motifs is 1. The van der Waals surface area contributed by atoms with Crippen LogP contribution in [0, 0.1) is 0 Å². The van der Waals surface area contributed by atoms with Crippen molar-refractivity contribution in [3.8, 4) is 0 Å². The third kappa shape index (κ3) is 5.89. The summed E-state index contributed by atoms with van der Waals surface area (Å²) in [6.07, 6.45) is -0.199. The Morgan fingerprint density at radius 3 is 2.59 bits per heavy atom. The zero-order chi connectivity index (χ0) is 19.4. The van der Waals surface area contributed by atoms with Crippen LogP contribution in [0.3, 0.4) is 0 Å². The standard InChI is InChI=1S/C20H30N4O2S/c1-20(2,3)26-19(25)24-13-11-23(12-14-24)10-9-22(4)15-18-21-16-7-5-6-8-17(16)27-18/h5-8H,9-15H2,1-4H3. The number of ether oxygens (including phenoxy) is 1. The Hall–Kier alpha value is -1.70. The van der Waals surface area contributed by atoms with E-state index in [1.807, 2.05) is 31.7 Å². The average Bonchev–Trinajstić information content (AvgIpc) is 3.01. The third-order valence-corrected chi connectivity index (χ3v) is 5.59. The van der Waals surface area contributed by atoms with Gasteiger partial charge in [0, 0.05) is 39.3 Å². The molecule has 1 aromatic heterocycles. The van der Waals surface area contributed by atoms with E-state index >= 15 is 0 Å². The van der Waals surface area contributed by atoms with E-state index in [0.717, 1.165) is 56.3 Å². The largest absolute Gasteiger partial charge is 0.444 e. The van der Waals surface area contributed by atoms with Gasteiger partial charge in [-0.25, -0.2) is 9.78 Å². The van der Waals surface area contributed by atoms with Gasteiger partial charge in [-0.15, -0.1) is 11.3 Å². The molecule has 3 rings (SSSR count). The van der Waals surface area contributed by atoms with Crippen LogP contribution >= 0.6 is 11.3 Å². The molecule has 1 aliphatic heterocycles. The van der Waals surface area contributed by atoms with Crippen LogP contribution in [0.4, 0.5) is 4.79 Å². The number of hydrogen-bond acceptors (Lipinski definition) is 6. The highest BCUT2D eigenvalue weighted by molar-refractivity contribution is 7.18. The minimum absolute atomic E-state index is 0.199. The lowest BCUT2D eigenvalue weighted by atomic mass is 10.2. The molecule has 0 bridgehead atoms. The fourth-order valence-electron chi connectivity index (χ4n) is 3.09. The molecule has 148 valence electrons.